The number of carbonyl (C=O) groups excluding carboxylic acids is 3. The van der Waals surface area contributed by atoms with Crippen LogP contribution in [0.3, 0.4) is 0 Å². The number of nitrogens with one attached hydrogen (secondary N) is 3. The van der Waals surface area contributed by atoms with Crippen molar-refractivity contribution in [2.24, 2.45) is 11.0 Å². The van der Waals surface area contributed by atoms with Crippen LogP contribution in [0.15, 0.2) is 35.2 Å². The molecule has 0 spiro atoms. The molecule has 1 saturated carbocycles. The molecule has 3 rings (SSSR count). The Morgan fingerprint density at radius 1 is 1.23 bits per heavy atom. The highest BCUT2D eigenvalue weighted by molar-refractivity contribution is 6.00. The van der Waals surface area contributed by atoms with Gasteiger partial charge in [0.2, 0.25) is 18.2 Å². The molecule has 1 aliphatic rings. The maximum absolute atomic E-state index is 14.7. The molecule has 0 bridgehead atoms. The minimum atomic E-state index is -2.83. The summed E-state index contributed by atoms with van der Waals surface area (Å²) in [6.45, 7) is 7.17. The van der Waals surface area contributed by atoms with Crippen molar-refractivity contribution in [3.63, 3.8) is 0 Å². The molecule has 1 fully saturated rings. The van der Waals surface area contributed by atoms with Gasteiger partial charge in [-0.2, -0.15) is 14.6 Å². The Bertz CT molecular complexity index is 1230. The van der Waals surface area contributed by atoms with Crippen molar-refractivity contribution in [3.8, 4) is 0 Å². The number of hydrogen-bond acceptors (Lipinski definition) is 6. The monoisotopic (exact) mass is 550 g/mol. The molecule has 0 saturated heterocycles. The molecule has 11 nitrogen and oxygen atoms in total. The van der Waals surface area contributed by atoms with Crippen LogP contribution in [-0.4, -0.2) is 56.0 Å². The predicted octanol–water partition coefficient (Wildman–Crippen LogP) is 3.60. The highest BCUT2D eigenvalue weighted by Crippen LogP contribution is 2.38. The predicted molar refractivity (Wildman–Crippen MR) is 138 cm³/mol. The fourth-order valence-electron chi connectivity index (χ4n) is 4.35. The van der Waals surface area contributed by atoms with Crippen molar-refractivity contribution in [2.45, 2.75) is 77.4 Å². The van der Waals surface area contributed by atoms with Gasteiger partial charge in [-0.25, -0.2) is 14.2 Å². The number of alkyl halides is 2. The highest BCUT2D eigenvalue weighted by atomic mass is 19.3. The average molecular weight is 551 g/mol. The zero-order valence-electron chi connectivity index (χ0n) is 22.2. The number of aromatic nitrogens is 4. The normalized spacial score (nSPS) is 17.7. The van der Waals surface area contributed by atoms with Crippen LogP contribution in [0.5, 0.6) is 0 Å². The number of carbonyl (C=O) groups is 3. The van der Waals surface area contributed by atoms with Crippen LogP contribution in [-0.2, 0) is 9.59 Å². The summed E-state index contributed by atoms with van der Waals surface area (Å²) in [6, 6.07) is -0.249. The molecule has 0 radical (unpaired) electrons. The van der Waals surface area contributed by atoms with Crippen LogP contribution in [0.25, 0.3) is 0 Å². The van der Waals surface area contributed by atoms with E-state index in [0.29, 0.717) is 6.41 Å². The van der Waals surface area contributed by atoms with Crippen molar-refractivity contribution in [1.29, 1.82) is 0 Å². The Morgan fingerprint density at radius 3 is 2.56 bits per heavy atom. The number of hydrogen-bond donors (Lipinski definition) is 3. The summed E-state index contributed by atoms with van der Waals surface area (Å²) in [5.41, 5.74) is 2.85. The molecule has 0 aromatic carbocycles. The minimum absolute atomic E-state index is 0.0120. The fraction of sp³-hybridized carbons (Fsp3) is 0.520. The Hall–Kier alpha value is -3.97. The Morgan fingerprint density at radius 2 is 1.92 bits per heavy atom. The third kappa shape index (κ3) is 7.54. The molecule has 14 heteroatoms. The van der Waals surface area contributed by atoms with Gasteiger partial charge in [-0.05, 0) is 64.2 Å². The van der Waals surface area contributed by atoms with E-state index in [1.807, 2.05) is 13.8 Å². The summed E-state index contributed by atoms with van der Waals surface area (Å²) in [5, 5.41) is 16.7. The number of nitrogens with zero attached hydrogens (tertiary/aromatic N) is 5. The smallest absolute Gasteiger partial charge is 0.270 e. The number of hydrazone groups is 1. The van der Waals surface area contributed by atoms with E-state index in [9.17, 15) is 27.6 Å². The first-order chi connectivity index (χ1) is 18.4. The first-order valence-electron chi connectivity index (χ1n) is 12.6. The molecule has 2 atom stereocenters. The van der Waals surface area contributed by atoms with Crippen LogP contribution >= 0.6 is 0 Å². The van der Waals surface area contributed by atoms with E-state index in [0.717, 1.165) is 5.57 Å². The molecule has 2 aromatic rings. The number of halogens is 3. The van der Waals surface area contributed by atoms with Gasteiger partial charge >= 0.3 is 0 Å². The lowest BCUT2D eigenvalue weighted by molar-refractivity contribution is -0.121. The summed E-state index contributed by atoms with van der Waals surface area (Å²) in [4.78, 5) is 36.7. The second-order valence-corrected chi connectivity index (χ2v) is 9.81. The van der Waals surface area contributed by atoms with E-state index in [4.69, 9.17) is 0 Å². The fourth-order valence-corrected chi connectivity index (χ4v) is 4.35. The van der Waals surface area contributed by atoms with Crippen LogP contribution in [0.4, 0.5) is 18.9 Å². The molecule has 3 N–H and O–H groups in total. The summed E-state index contributed by atoms with van der Waals surface area (Å²) in [7, 11) is 0. The SMILES string of the molecule is C/C(=C\C=N/NC=O)C(C)n1cc(NC(=O)C(NC(=O)c2ccnn2C(C)C)C2CCC(F)(F)CC2)c(F)n1. The lowest BCUT2D eigenvalue weighted by atomic mass is 9.81. The molecule has 1 aliphatic carbocycles. The Balaban J connectivity index is 1.80. The maximum Gasteiger partial charge on any atom is 0.270 e. The van der Waals surface area contributed by atoms with Gasteiger partial charge in [-0.1, -0.05) is 0 Å². The standard InChI is InChI=1S/C25H33F3N8O3/c1-15(2)36-20(8-12-31-36)23(38)33-21(18-5-9-25(27,28)10-6-18)24(39)32-19-13-35(34-22(19)26)17(4)16(3)7-11-29-30-14-37/h7-8,11-15,17-18,21H,5-6,9-10H2,1-4H3,(H,30,37)(H,32,39)(H,33,38)/b16-7+,29-11-. The molecule has 39 heavy (non-hydrogen) atoms. The summed E-state index contributed by atoms with van der Waals surface area (Å²) >= 11 is 0. The third-order valence-electron chi connectivity index (χ3n) is 6.73. The molecule has 3 amide bonds. The quantitative estimate of drug-likeness (QED) is 0.223. The topological polar surface area (TPSA) is 135 Å². The van der Waals surface area contributed by atoms with Crippen LogP contribution in [0.1, 0.15) is 76.0 Å². The second-order valence-electron chi connectivity index (χ2n) is 9.81. The van der Waals surface area contributed by atoms with Crippen molar-refractivity contribution in [2.75, 3.05) is 5.32 Å². The zero-order valence-corrected chi connectivity index (χ0v) is 22.2. The Labute approximate surface area is 223 Å². The molecular weight excluding hydrogens is 517 g/mol. The average Bonchev–Trinajstić information content (AvgIpc) is 3.52. The summed E-state index contributed by atoms with van der Waals surface area (Å²) < 4.78 is 45.2. The second kappa shape index (κ2) is 12.7. The number of anilines is 1. The number of allylic oxidation sites excluding steroid dienone is 2. The molecule has 0 aliphatic heterocycles. The maximum atomic E-state index is 14.7. The minimum Gasteiger partial charge on any atom is -0.339 e. The van der Waals surface area contributed by atoms with Gasteiger partial charge in [0.15, 0.2) is 0 Å². The third-order valence-corrected chi connectivity index (χ3v) is 6.73. The number of rotatable bonds is 11. The van der Waals surface area contributed by atoms with Crippen LogP contribution < -0.4 is 16.1 Å². The lowest BCUT2D eigenvalue weighted by Crippen LogP contribution is -2.50. The first-order valence-corrected chi connectivity index (χ1v) is 12.6. The molecule has 2 heterocycles. The molecular formula is C25H33F3N8O3. The lowest BCUT2D eigenvalue weighted by Gasteiger charge is -2.33. The molecule has 2 unspecified atom stereocenters. The van der Waals surface area contributed by atoms with Gasteiger partial charge in [0.1, 0.15) is 17.4 Å². The van der Waals surface area contributed by atoms with E-state index in [2.05, 4.69) is 31.4 Å². The zero-order chi connectivity index (χ0) is 28.7. The van der Waals surface area contributed by atoms with Crippen molar-refractivity contribution < 1.29 is 27.6 Å². The van der Waals surface area contributed by atoms with Gasteiger partial charge in [0.25, 0.3) is 11.9 Å². The van der Waals surface area contributed by atoms with Gasteiger partial charge in [0.05, 0.1) is 12.2 Å². The first kappa shape index (κ1) is 29.6. The van der Waals surface area contributed by atoms with Crippen LogP contribution in [0.2, 0.25) is 0 Å². The van der Waals surface area contributed by atoms with Crippen molar-refractivity contribution in [1.82, 2.24) is 30.3 Å². The largest absolute Gasteiger partial charge is 0.339 e. The van der Waals surface area contributed by atoms with Crippen molar-refractivity contribution in [3.05, 3.63) is 41.8 Å². The van der Waals surface area contributed by atoms with E-state index < -0.39 is 54.5 Å². The van der Waals surface area contributed by atoms with Crippen LogP contribution in [0, 0.1) is 11.9 Å². The molecule has 212 valence electrons. The molecule has 2 aromatic heterocycles. The van der Waals surface area contributed by atoms with Gasteiger partial charge in [0, 0.05) is 31.3 Å². The van der Waals surface area contributed by atoms with Gasteiger partial charge in [-0.15, -0.1) is 5.10 Å². The summed E-state index contributed by atoms with van der Waals surface area (Å²) in [5.74, 6) is -5.68. The van der Waals surface area contributed by atoms with E-state index in [1.54, 1.807) is 19.9 Å². The van der Waals surface area contributed by atoms with E-state index in [-0.39, 0.29) is 30.3 Å². The van der Waals surface area contributed by atoms with E-state index >= 15 is 0 Å². The van der Waals surface area contributed by atoms with E-state index in [1.165, 1.54) is 34.0 Å². The number of amides is 3. The van der Waals surface area contributed by atoms with Crippen molar-refractivity contribution >= 4 is 30.1 Å². The van der Waals surface area contributed by atoms with Gasteiger partial charge in [-0.3, -0.25) is 23.7 Å². The van der Waals surface area contributed by atoms with Gasteiger partial charge < -0.3 is 10.6 Å². The highest BCUT2D eigenvalue weighted by Gasteiger charge is 2.41. The summed E-state index contributed by atoms with van der Waals surface area (Å²) in [6.07, 6.45) is 5.32. The Kier molecular flexibility index (Phi) is 9.65.